The molecule has 0 spiro atoms. The van der Waals surface area contributed by atoms with E-state index in [-0.39, 0.29) is 5.72 Å². The standard InChI is InChI=1S/C48H28N4S.C33H18BrNS.C18H12BrNS.C15H12BN3O2.C15H9BrO/c1-3-15-29(16-4-1)46-50-47(30-17-5-2-6-18-30)52-48(51-46)43-34-22-9-7-20-32(34)41(33-21-8-10-23-35(33)43)44-38-28-27-36-31-19-12-14-26-40(31)53-45(36)42(38)37-24-11-13-25-39(37)49-44;34-31-22-12-3-1-10-20(22)29(21-11-2-4-13-23(21)31)32-26-18-17-24-19-9-6-8-16-28(19)36-33(24)30(26)25-14-5-7-15-27(25)35-32;19-11-8-9-12(16(20)10-11)14-5-3-6-15-13-4-1-2-7-17(13)21-18(14)15;20-16(21)15-18-13(11-7-3-1-4-8-11)17-14(19-15)12-9-5-2-6-10-12;16-15-12-7-3-1-5-10(12)14(9-17)11-6-2-4-8-13(11)15/h1-28H;1-18H;1-10H,20H2;1-10,20-21H;1-9H. The lowest BCUT2D eigenvalue weighted by Gasteiger charge is -2.19. The van der Waals surface area contributed by atoms with E-state index in [0.29, 0.717) is 29.1 Å². The highest BCUT2D eigenvalue weighted by molar-refractivity contribution is 9.11. The van der Waals surface area contributed by atoms with Crippen LogP contribution in [0, 0.1) is 0 Å². The number of fused-ring (bicyclic) bond motifs is 23. The van der Waals surface area contributed by atoms with Crippen molar-refractivity contribution in [2.45, 2.75) is 0 Å². The summed E-state index contributed by atoms with van der Waals surface area (Å²) in [5.74, 6) is 2.74. The first-order valence-corrected chi connectivity index (χ1v) is 53.1. The zero-order valence-corrected chi connectivity index (χ0v) is 85.9. The van der Waals surface area contributed by atoms with E-state index in [0.717, 1.165) is 141 Å². The van der Waals surface area contributed by atoms with E-state index in [9.17, 15) is 14.8 Å². The molecule has 0 aliphatic carbocycles. The highest BCUT2D eigenvalue weighted by atomic mass is 79.9. The summed E-state index contributed by atoms with van der Waals surface area (Å²) in [4.78, 5) is 50.2. The topological polar surface area (TPSA) is 187 Å². The van der Waals surface area contributed by atoms with E-state index in [1.54, 1.807) is 0 Å². The van der Waals surface area contributed by atoms with Crippen LogP contribution in [-0.2, 0) is 0 Å². The summed E-state index contributed by atoms with van der Waals surface area (Å²) in [6, 6.07) is 154. The third-order valence-corrected chi connectivity index (χ3v) is 33.1. The molecule has 0 unspecified atom stereocenters. The molecule has 0 aliphatic rings. The molecular formula is C129H79BBr3N9O3S3. The third kappa shape index (κ3) is 16.9. The van der Waals surface area contributed by atoms with Crippen LogP contribution in [0.3, 0.4) is 0 Å². The molecule has 0 aliphatic heterocycles. The van der Waals surface area contributed by atoms with Gasteiger partial charge in [0.25, 0.3) is 0 Å². The van der Waals surface area contributed by atoms with Gasteiger partial charge >= 0.3 is 7.12 Å². The number of carbonyl (C=O) groups is 1. The fourth-order valence-electron chi connectivity index (χ4n) is 20.6. The molecule has 0 bridgehead atoms. The Hall–Kier alpha value is -16.7. The zero-order valence-electron chi connectivity index (χ0n) is 78.7. The maximum absolute atomic E-state index is 11.3. The van der Waals surface area contributed by atoms with Gasteiger partial charge < -0.3 is 15.8 Å². The van der Waals surface area contributed by atoms with Gasteiger partial charge in [-0.25, -0.2) is 39.9 Å². The van der Waals surface area contributed by atoms with Gasteiger partial charge in [-0.3, -0.25) is 4.79 Å². The van der Waals surface area contributed by atoms with Crippen LogP contribution >= 0.6 is 81.8 Å². The Labute approximate surface area is 886 Å². The molecule has 148 heavy (non-hydrogen) atoms. The highest BCUT2D eigenvalue weighted by Crippen LogP contribution is 2.52. The van der Waals surface area contributed by atoms with Gasteiger partial charge in [0.05, 0.1) is 22.4 Å². The fourth-order valence-corrected chi connectivity index (χ4v) is 26.1. The molecule has 0 saturated carbocycles. The van der Waals surface area contributed by atoms with Gasteiger partial charge in [0.1, 0.15) is 0 Å². The van der Waals surface area contributed by atoms with Gasteiger partial charge in [-0.1, -0.05) is 422 Å². The molecule has 7 aromatic heterocycles. The van der Waals surface area contributed by atoms with Gasteiger partial charge in [0.2, 0.25) is 0 Å². The van der Waals surface area contributed by atoms with Crippen molar-refractivity contribution in [3.05, 3.63) is 468 Å². The second-order valence-electron chi connectivity index (χ2n) is 35.9. The first-order valence-electron chi connectivity index (χ1n) is 48.3. The minimum absolute atomic E-state index is 0.0669. The number of halogens is 3. The number of benzene rings is 22. The summed E-state index contributed by atoms with van der Waals surface area (Å²) in [5, 5.41) is 47.1. The second-order valence-corrected chi connectivity index (χ2v) is 41.6. The molecule has 29 rings (SSSR count). The predicted octanol–water partition coefficient (Wildman–Crippen LogP) is 34.9. The Morgan fingerprint density at radius 2 is 0.534 bits per heavy atom. The van der Waals surface area contributed by atoms with Gasteiger partial charge in [-0.2, -0.15) is 0 Å². The SMILES string of the molecule is Brc1c2ccccc2c(-c2nc3ccccc3c3c2ccc2c4ccccc4sc23)c2ccccc12.Nc1cc(Br)ccc1-c1cccc2c1sc1ccccc12.O=Cc1c2ccccc2c(Br)c2ccccc12.OB(O)c1nc(-c2ccccc2)nc(-c2ccccc2)n1.c1ccc(-c2nc(-c3ccccc3)nc(-c3c4ccccc4c(-c4nc5ccccc5c5c4ccc4c6ccccc6sc45)c4ccccc34)n2)cc1. The van der Waals surface area contributed by atoms with Crippen LogP contribution in [0.15, 0.2) is 462 Å². The van der Waals surface area contributed by atoms with Gasteiger partial charge in [0.15, 0.2) is 41.1 Å². The number of carbonyl (C=O) groups excluding carboxylic acids is 1. The molecule has 0 radical (unpaired) electrons. The number of rotatable bonds is 10. The molecule has 19 heteroatoms. The molecule has 4 N–H and O–H groups in total. The molecule has 0 amide bonds. The van der Waals surface area contributed by atoms with E-state index in [1.807, 2.05) is 192 Å². The molecule has 0 fully saturated rings. The first kappa shape index (κ1) is 92.4. The van der Waals surface area contributed by atoms with E-state index < -0.39 is 7.12 Å². The first-order chi connectivity index (χ1) is 72.9. The number of nitrogen functional groups attached to an aromatic ring is 1. The molecule has 700 valence electrons. The largest absolute Gasteiger partial charge is 0.528 e. The number of hydrogen-bond acceptors (Lipinski definition) is 15. The van der Waals surface area contributed by atoms with Crippen LogP contribution in [-0.4, -0.2) is 63.3 Å². The average Bonchev–Trinajstić information content (AvgIpc) is 1.27. The van der Waals surface area contributed by atoms with Crippen LogP contribution in [0.5, 0.6) is 0 Å². The molecule has 29 aromatic rings. The van der Waals surface area contributed by atoms with Crippen molar-refractivity contribution in [3.8, 4) is 90.6 Å². The van der Waals surface area contributed by atoms with Crippen LogP contribution < -0.4 is 11.5 Å². The highest BCUT2D eigenvalue weighted by Gasteiger charge is 2.28. The van der Waals surface area contributed by atoms with Crippen molar-refractivity contribution in [1.82, 2.24) is 39.9 Å². The lowest BCUT2D eigenvalue weighted by Crippen LogP contribution is -2.36. The summed E-state index contributed by atoms with van der Waals surface area (Å²) in [6.45, 7) is 0. The van der Waals surface area contributed by atoms with Crippen LogP contribution in [0.2, 0.25) is 0 Å². The Morgan fingerprint density at radius 1 is 0.243 bits per heavy atom. The summed E-state index contributed by atoms with van der Waals surface area (Å²) in [7, 11) is -1.74. The number of thiophene rings is 3. The number of anilines is 1. The van der Waals surface area contributed by atoms with E-state index in [1.165, 1.54) is 120 Å². The maximum Gasteiger partial charge on any atom is 0.528 e. The number of para-hydroxylation sites is 2. The second kappa shape index (κ2) is 39.7. The minimum Gasteiger partial charge on any atom is -0.421 e. The van der Waals surface area contributed by atoms with E-state index >= 15 is 0 Å². The maximum atomic E-state index is 11.3. The number of aldehydes is 1. The number of aromatic nitrogens is 8. The number of hydrogen-bond donors (Lipinski definition) is 3. The summed E-state index contributed by atoms with van der Waals surface area (Å²) in [5.41, 5.74) is 20.8. The van der Waals surface area contributed by atoms with Crippen molar-refractivity contribution in [2.75, 3.05) is 5.73 Å². The minimum atomic E-state index is -1.74. The molecule has 12 nitrogen and oxygen atoms in total. The van der Waals surface area contributed by atoms with Crippen molar-refractivity contribution >= 4 is 275 Å². The van der Waals surface area contributed by atoms with Gasteiger partial charge in [0, 0.05) is 168 Å². The van der Waals surface area contributed by atoms with Crippen LogP contribution in [0.1, 0.15) is 10.4 Å². The van der Waals surface area contributed by atoms with Crippen molar-refractivity contribution < 1.29 is 14.8 Å². The Balaban J connectivity index is 0.000000103. The zero-order chi connectivity index (χ0) is 99.6. The third-order valence-electron chi connectivity index (χ3n) is 27.3. The Kier molecular flexibility index (Phi) is 24.8. The average molecular weight is 2150 g/mol. The van der Waals surface area contributed by atoms with Crippen molar-refractivity contribution in [3.63, 3.8) is 0 Å². The smallest absolute Gasteiger partial charge is 0.421 e. The van der Waals surface area contributed by atoms with Crippen molar-refractivity contribution in [2.24, 2.45) is 0 Å². The fraction of sp³-hybridized carbons (Fsp3) is 0. The lowest BCUT2D eigenvalue weighted by molar-refractivity contribution is 0.112. The van der Waals surface area contributed by atoms with E-state index in [4.69, 9.17) is 30.7 Å². The molecule has 7 heterocycles. The number of pyridine rings is 2. The summed E-state index contributed by atoms with van der Waals surface area (Å²) >= 11 is 16.6. The predicted molar refractivity (Wildman–Crippen MR) is 635 cm³/mol. The summed E-state index contributed by atoms with van der Waals surface area (Å²) < 4.78 is 11.0. The molecular weight excluding hydrogens is 2070 g/mol. The van der Waals surface area contributed by atoms with Gasteiger partial charge in [-0.15, -0.1) is 34.0 Å². The van der Waals surface area contributed by atoms with Gasteiger partial charge in [-0.05, 0) is 139 Å². The monoisotopic (exact) mass is 2150 g/mol. The Bertz CT molecular complexity index is 10100. The molecule has 0 saturated heterocycles. The normalized spacial score (nSPS) is 11.5. The molecule has 22 aromatic carbocycles. The van der Waals surface area contributed by atoms with Crippen LogP contribution in [0.25, 0.3) is 259 Å². The number of nitrogens with two attached hydrogens (primary N) is 1. The number of nitrogens with zero attached hydrogens (tertiary/aromatic N) is 8. The van der Waals surface area contributed by atoms with E-state index in [2.05, 4.69) is 354 Å². The lowest BCUT2D eigenvalue weighted by atomic mass is 9.88. The van der Waals surface area contributed by atoms with Crippen molar-refractivity contribution in [1.29, 1.82) is 0 Å². The van der Waals surface area contributed by atoms with Crippen LogP contribution in [0.4, 0.5) is 5.69 Å². The summed E-state index contributed by atoms with van der Waals surface area (Å²) in [6.07, 6.45) is 0.942. The quantitative estimate of drug-likeness (QED) is 0.0387. The Morgan fingerprint density at radius 3 is 0.912 bits per heavy atom. The molecule has 0 atom stereocenters.